The molecule has 0 aromatic heterocycles. The summed E-state index contributed by atoms with van der Waals surface area (Å²) in [5.74, 6) is 0. The highest BCUT2D eigenvalue weighted by molar-refractivity contribution is 6.24. The molecular formula is C48H38O2. The molecule has 0 heterocycles. The first-order valence-electron chi connectivity index (χ1n) is 17.3. The molecule has 9 aromatic carbocycles. The summed E-state index contributed by atoms with van der Waals surface area (Å²) in [5.41, 5.74) is 2.76. The Bertz CT molecular complexity index is 2520. The topological polar surface area (TPSA) is 18.5 Å². The molecule has 0 fully saturated rings. The molecule has 0 aliphatic heterocycles. The fraction of sp³-hybridized carbons (Fsp3) is 0.125. The van der Waals surface area contributed by atoms with Crippen LogP contribution in [0.2, 0.25) is 0 Å². The summed E-state index contributed by atoms with van der Waals surface area (Å²) >= 11 is 0. The lowest BCUT2D eigenvalue weighted by atomic mass is 9.75. The largest absolute Gasteiger partial charge is 0.368 e. The van der Waals surface area contributed by atoms with Gasteiger partial charge in [-0.05, 0) is 93.0 Å². The van der Waals surface area contributed by atoms with Crippen LogP contribution < -0.4 is 0 Å². The fourth-order valence-electron chi connectivity index (χ4n) is 8.99. The first-order valence-corrected chi connectivity index (χ1v) is 17.3. The maximum Gasteiger partial charge on any atom is 0.122 e. The van der Waals surface area contributed by atoms with Gasteiger partial charge in [0.1, 0.15) is 11.2 Å². The van der Waals surface area contributed by atoms with E-state index in [0.717, 1.165) is 22.3 Å². The second-order valence-corrected chi connectivity index (χ2v) is 13.6. The van der Waals surface area contributed by atoms with Gasteiger partial charge in [-0.3, -0.25) is 0 Å². The molecule has 0 saturated carbocycles. The Kier molecular flexibility index (Phi) is 7.03. The molecule has 0 N–H and O–H groups in total. The second kappa shape index (κ2) is 11.5. The van der Waals surface area contributed by atoms with E-state index < -0.39 is 11.2 Å². The van der Waals surface area contributed by atoms with Crippen LogP contribution in [0.3, 0.4) is 0 Å². The molecule has 242 valence electrons. The fourth-order valence-corrected chi connectivity index (χ4v) is 8.99. The minimum Gasteiger partial charge on any atom is -0.368 e. The molecule has 0 bridgehead atoms. The summed E-state index contributed by atoms with van der Waals surface area (Å²) in [6, 6.07) is 48.8. The van der Waals surface area contributed by atoms with Gasteiger partial charge < -0.3 is 9.47 Å². The molecule has 2 unspecified atom stereocenters. The van der Waals surface area contributed by atoms with E-state index in [1.165, 1.54) is 64.6 Å². The molecule has 0 aliphatic rings. The minimum absolute atomic E-state index is 0.594. The van der Waals surface area contributed by atoms with E-state index in [-0.39, 0.29) is 0 Å². The SMILES string of the molecule is C=CCC(OC)(c1cccc(C(CC=C)(OC)c2ccc3ccc4cccc5ccc2c3c45)c1)c1ccc2ccc3cccc4ccc1c2c34. The van der Waals surface area contributed by atoms with Crippen molar-refractivity contribution in [1.82, 2.24) is 0 Å². The van der Waals surface area contributed by atoms with Crippen LogP contribution >= 0.6 is 0 Å². The van der Waals surface area contributed by atoms with E-state index in [1.54, 1.807) is 0 Å². The van der Waals surface area contributed by atoms with Crippen molar-refractivity contribution in [2.75, 3.05) is 14.2 Å². The third-order valence-electron chi connectivity index (χ3n) is 11.3. The maximum absolute atomic E-state index is 6.72. The van der Waals surface area contributed by atoms with Crippen LogP contribution in [0, 0.1) is 0 Å². The Morgan fingerprint density at radius 2 is 0.780 bits per heavy atom. The molecule has 9 rings (SSSR count). The predicted octanol–water partition coefficient (Wildman–Crippen LogP) is 12.4. The van der Waals surface area contributed by atoms with Gasteiger partial charge in [-0.1, -0.05) is 140 Å². The van der Waals surface area contributed by atoms with Crippen LogP contribution in [0.4, 0.5) is 0 Å². The van der Waals surface area contributed by atoms with Crippen molar-refractivity contribution in [3.05, 3.63) is 181 Å². The number of rotatable bonds is 10. The van der Waals surface area contributed by atoms with Gasteiger partial charge in [0.05, 0.1) is 0 Å². The van der Waals surface area contributed by atoms with Gasteiger partial charge in [-0.2, -0.15) is 0 Å². The quantitative estimate of drug-likeness (QED) is 0.109. The number of benzene rings is 9. The van der Waals surface area contributed by atoms with Gasteiger partial charge in [-0.25, -0.2) is 0 Å². The van der Waals surface area contributed by atoms with E-state index in [4.69, 9.17) is 9.47 Å². The number of ether oxygens (including phenoxy) is 2. The molecule has 0 radical (unpaired) electrons. The highest BCUT2D eigenvalue weighted by Gasteiger charge is 2.39. The van der Waals surface area contributed by atoms with Crippen molar-refractivity contribution in [2.24, 2.45) is 0 Å². The molecule has 2 heteroatoms. The lowest BCUT2D eigenvalue weighted by Crippen LogP contribution is -2.33. The Morgan fingerprint density at radius 1 is 0.440 bits per heavy atom. The Labute approximate surface area is 292 Å². The summed E-state index contributed by atoms with van der Waals surface area (Å²) < 4.78 is 13.4. The Balaban J connectivity index is 1.30. The lowest BCUT2D eigenvalue weighted by molar-refractivity contribution is 0.0201. The lowest BCUT2D eigenvalue weighted by Gasteiger charge is -2.38. The van der Waals surface area contributed by atoms with Crippen molar-refractivity contribution in [3.8, 4) is 0 Å². The molecule has 9 aromatic rings. The third-order valence-corrected chi connectivity index (χ3v) is 11.3. The molecule has 0 amide bonds. The average Bonchev–Trinajstić information content (AvgIpc) is 3.17. The first-order chi connectivity index (χ1) is 24.6. The van der Waals surface area contributed by atoms with Gasteiger partial charge in [0.25, 0.3) is 0 Å². The summed E-state index contributed by atoms with van der Waals surface area (Å²) in [5, 5.41) is 14.9. The van der Waals surface area contributed by atoms with Crippen LogP contribution in [-0.4, -0.2) is 14.2 Å². The van der Waals surface area contributed by atoms with Crippen LogP contribution in [0.15, 0.2) is 159 Å². The van der Waals surface area contributed by atoms with Gasteiger partial charge in [0, 0.05) is 27.1 Å². The van der Waals surface area contributed by atoms with E-state index in [2.05, 4.69) is 147 Å². The zero-order chi connectivity index (χ0) is 34.0. The smallest absolute Gasteiger partial charge is 0.122 e. The maximum atomic E-state index is 6.72. The summed E-state index contributed by atoms with van der Waals surface area (Å²) in [4.78, 5) is 0. The van der Waals surface area contributed by atoms with Crippen LogP contribution in [0.1, 0.15) is 35.1 Å². The summed E-state index contributed by atoms with van der Waals surface area (Å²) in [7, 11) is 3.64. The average molecular weight is 647 g/mol. The van der Waals surface area contributed by atoms with Crippen LogP contribution in [0.5, 0.6) is 0 Å². The van der Waals surface area contributed by atoms with Crippen LogP contribution in [0.25, 0.3) is 64.6 Å². The number of methoxy groups -OCH3 is 2. The van der Waals surface area contributed by atoms with Gasteiger partial charge in [-0.15, -0.1) is 13.2 Å². The summed E-state index contributed by atoms with van der Waals surface area (Å²) in [6.45, 7) is 8.45. The van der Waals surface area contributed by atoms with Crippen molar-refractivity contribution >= 4 is 64.6 Å². The second-order valence-electron chi connectivity index (χ2n) is 13.6. The monoisotopic (exact) mass is 646 g/mol. The zero-order valence-electron chi connectivity index (χ0n) is 28.5. The highest BCUT2D eigenvalue weighted by Crippen LogP contribution is 2.48. The Morgan fingerprint density at radius 3 is 1.16 bits per heavy atom. The van der Waals surface area contributed by atoms with E-state index in [1.807, 2.05) is 26.4 Å². The Hall–Kier alpha value is -5.54. The van der Waals surface area contributed by atoms with Gasteiger partial charge >= 0.3 is 0 Å². The molecule has 2 atom stereocenters. The number of hydrogen-bond acceptors (Lipinski definition) is 2. The van der Waals surface area contributed by atoms with Crippen molar-refractivity contribution in [1.29, 1.82) is 0 Å². The van der Waals surface area contributed by atoms with Crippen molar-refractivity contribution in [3.63, 3.8) is 0 Å². The third kappa shape index (κ3) is 4.16. The molecule has 2 nitrogen and oxygen atoms in total. The van der Waals surface area contributed by atoms with Gasteiger partial charge in [0.2, 0.25) is 0 Å². The summed E-state index contributed by atoms with van der Waals surface area (Å²) in [6.07, 6.45) is 5.14. The zero-order valence-corrected chi connectivity index (χ0v) is 28.5. The standard InChI is InChI=1S/C48H38O2/c1-5-28-47(49-3,41-26-22-35-18-16-31-10-7-12-33-20-24-39(41)45(35)43(31)33)37-14-9-15-38(30-37)48(50-4,29-6-2)42-27-23-36-19-17-32-11-8-13-34-21-25-40(42)46(36)44(32)34/h5-27,30H,1-2,28-29H2,3-4H3. The van der Waals surface area contributed by atoms with Crippen molar-refractivity contribution < 1.29 is 9.47 Å². The van der Waals surface area contributed by atoms with Crippen LogP contribution in [-0.2, 0) is 20.7 Å². The predicted molar refractivity (Wildman–Crippen MR) is 212 cm³/mol. The molecule has 0 aliphatic carbocycles. The van der Waals surface area contributed by atoms with Crippen molar-refractivity contribution in [2.45, 2.75) is 24.0 Å². The first kappa shape index (κ1) is 30.5. The molecular weight excluding hydrogens is 609 g/mol. The van der Waals surface area contributed by atoms with E-state index >= 15 is 0 Å². The number of hydrogen-bond donors (Lipinski definition) is 0. The minimum atomic E-state index is -0.795. The molecule has 0 spiro atoms. The highest BCUT2D eigenvalue weighted by atomic mass is 16.5. The molecule has 50 heavy (non-hydrogen) atoms. The van der Waals surface area contributed by atoms with Gasteiger partial charge in [0.15, 0.2) is 0 Å². The molecule has 0 saturated heterocycles. The normalized spacial score (nSPS) is 14.6. The van der Waals surface area contributed by atoms with E-state index in [9.17, 15) is 0 Å². The van der Waals surface area contributed by atoms with E-state index in [0.29, 0.717) is 12.8 Å².